The highest BCUT2D eigenvalue weighted by atomic mass is 16.5. The van der Waals surface area contributed by atoms with Gasteiger partial charge in [0.15, 0.2) is 5.82 Å². The van der Waals surface area contributed by atoms with Gasteiger partial charge in [0, 0.05) is 25.2 Å². The van der Waals surface area contributed by atoms with Gasteiger partial charge in [-0.1, -0.05) is 23.4 Å². The van der Waals surface area contributed by atoms with E-state index < -0.39 is 5.92 Å². The van der Waals surface area contributed by atoms with E-state index in [0.29, 0.717) is 24.8 Å². The van der Waals surface area contributed by atoms with E-state index in [-0.39, 0.29) is 24.2 Å². The van der Waals surface area contributed by atoms with Crippen LogP contribution in [0.5, 0.6) is 0 Å². The largest absolute Gasteiger partial charge is 0.341 e. The molecule has 1 fully saturated rings. The summed E-state index contributed by atoms with van der Waals surface area (Å²) < 4.78 is 5.29. The molecule has 0 radical (unpaired) electrons. The van der Waals surface area contributed by atoms with Crippen LogP contribution in [0.15, 0.2) is 28.8 Å². The summed E-state index contributed by atoms with van der Waals surface area (Å²) in [6.45, 7) is 3.04. The fourth-order valence-corrected chi connectivity index (χ4v) is 3.71. The number of anilines is 1. The highest BCUT2D eigenvalue weighted by Gasteiger charge is 2.36. The van der Waals surface area contributed by atoms with Crippen LogP contribution in [0.1, 0.15) is 48.4 Å². The number of carbonyl (C=O) groups is 2. The average Bonchev–Trinajstić information content (AvgIpc) is 3.07. The zero-order chi connectivity index (χ0) is 17.4. The highest BCUT2D eigenvalue weighted by Crippen LogP contribution is 2.35. The van der Waals surface area contributed by atoms with Gasteiger partial charge < -0.3 is 14.7 Å². The lowest BCUT2D eigenvalue weighted by atomic mass is 9.88. The molecule has 2 aliphatic heterocycles. The van der Waals surface area contributed by atoms with Crippen molar-refractivity contribution in [2.75, 3.05) is 18.4 Å². The minimum atomic E-state index is -0.423. The van der Waals surface area contributed by atoms with Gasteiger partial charge in [0.25, 0.3) is 0 Å². The molecular weight excluding hydrogens is 320 g/mol. The number of piperidine rings is 1. The fourth-order valence-electron chi connectivity index (χ4n) is 3.71. The Morgan fingerprint density at radius 2 is 2.20 bits per heavy atom. The van der Waals surface area contributed by atoms with E-state index in [2.05, 4.69) is 15.5 Å². The van der Waals surface area contributed by atoms with Gasteiger partial charge in [-0.3, -0.25) is 9.59 Å². The zero-order valence-electron chi connectivity index (χ0n) is 14.1. The normalized spacial score (nSPS) is 23.1. The molecule has 2 atom stereocenters. The Morgan fingerprint density at radius 1 is 1.36 bits per heavy atom. The first-order chi connectivity index (χ1) is 12.1. The summed E-state index contributed by atoms with van der Waals surface area (Å²) in [6.07, 6.45) is 2.00. The zero-order valence-corrected chi connectivity index (χ0v) is 14.1. The number of para-hydroxylation sites is 1. The van der Waals surface area contributed by atoms with Crippen molar-refractivity contribution >= 4 is 17.5 Å². The number of rotatable bonds is 2. The third-order valence-corrected chi connectivity index (χ3v) is 4.92. The summed E-state index contributed by atoms with van der Waals surface area (Å²) in [5.41, 5.74) is 1.63. The van der Waals surface area contributed by atoms with Crippen molar-refractivity contribution in [2.24, 2.45) is 0 Å². The second-order valence-electron chi connectivity index (χ2n) is 6.70. The van der Waals surface area contributed by atoms with Gasteiger partial charge in [0.2, 0.25) is 17.7 Å². The van der Waals surface area contributed by atoms with Crippen molar-refractivity contribution < 1.29 is 14.1 Å². The number of likely N-dealkylation sites (tertiary alicyclic amines) is 1. The molecule has 4 rings (SSSR count). The van der Waals surface area contributed by atoms with Crippen molar-refractivity contribution in [3.63, 3.8) is 0 Å². The maximum absolute atomic E-state index is 13.1. The number of amides is 2. The predicted octanol–water partition coefficient (Wildman–Crippen LogP) is 2.21. The minimum absolute atomic E-state index is 0.00300. The molecule has 1 aromatic carbocycles. The second-order valence-corrected chi connectivity index (χ2v) is 6.70. The average molecular weight is 340 g/mol. The third-order valence-electron chi connectivity index (χ3n) is 4.92. The number of aryl methyl sites for hydroxylation is 1. The quantitative estimate of drug-likeness (QED) is 0.905. The topological polar surface area (TPSA) is 88.3 Å². The molecule has 2 amide bonds. The molecule has 1 aromatic heterocycles. The smallest absolute Gasteiger partial charge is 0.231 e. The Bertz CT molecular complexity index is 816. The van der Waals surface area contributed by atoms with E-state index in [4.69, 9.17) is 4.52 Å². The lowest BCUT2D eigenvalue weighted by Gasteiger charge is -2.35. The summed E-state index contributed by atoms with van der Waals surface area (Å²) in [5, 5.41) is 6.69. The Hall–Kier alpha value is -2.70. The van der Waals surface area contributed by atoms with Crippen LogP contribution in [-0.4, -0.2) is 39.9 Å². The molecule has 0 bridgehead atoms. The molecule has 0 spiro atoms. The lowest BCUT2D eigenvalue weighted by molar-refractivity contribution is -0.136. The summed E-state index contributed by atoms with van der Waals surface area (Å²) in [4.78, 5) is 31.3. The van der Waals surface area contributed by atoms with Gasteiger partial charge in [-0.15, -0.1) is 0 Å². The highest BCUT2D eigenvalue weighted by molar-refractivity contribution is 6.01. The number of benzene rings is 1. The maximum Gasteiger partial charge on any atom is 0.231 e. The number of carbonyl (C=O) groups excluding carboxylic acids is 2. The van der Waals surface area contributed by atoms with Crippen LogP contribution in [0.4, 0.5) is 5.69 Å². The SMILES string of the molecule is Cc1noc(C2CCCN(C(=O)C3CC(=O)Nc4ccccc43)C2)n1. The fraction of sp³-hybridized carbons (Fsp3) is 0.444. The summed E-state index contributed by atoms with van der Waals surface area (Å²) in [5.74, 6) is 0.731. The molecule has 25 heavy (non-hydrogen) atoms. The van der Waals surface area contributed by atoms with Crippen LogP contribution in [0.2, 0.25) is 0 Å². The Labute approximate surface area is 145 Å². The Balaban J connectivity index is 1.55. The Kier molecular flexibility index (Phi) is 3.99. The number of hydrogen-bond acceptors (Lipinski definition) is 5. The summed E-state index contributed by atoms with van der Waals surface area (Å²) >= 11 is 0. The van der Waals surface area contributed by atoms with Gasteiger partial charge in [0.1, 0.15) is 0 Å². The molecule has 2 unspecified atom stereocenters. The number of nitrogens with one attached hydrogen (secondary N) is 1. The molecule has 7 nitrogen and oxygen atoms in total. The molecule has 130 valence electrons. The molecule has 1 saturated heterocycles. The molecule has 1 N–H and O–H groups in total. The first-order valence-electron chi connectivity index (χ1n) is 8.59. The van der Waals surface area contributed by atoms with Crippen molar-refractivity contribution in [1.82, 2.24) is 15.0 Å². The van der Waals surface area contributed by atoms with Gasteiger partial charge in [-0.05, 0) is 31.4 Å². The van der Waals surface area contributed by atoms with E-state index in [1.54, 1.807) is 6.92 Å². The monoisotopic (exact) mass is 340 g/mol. The number of hydrogen-bond donors (Lipinski definition) is 1. The van der Waals surface area contributed by atoms with Gasteiger partial charge >= 0.3 is 0 Å². The maximum atomic E-state index is 13.1. The van der Waals surface area contributed by atoms with E-state index in [1.807, 2.05) is 29.2 Å². The van der Waals surface area contributed by atoms with Crippen molar-refractivity contribution in [3.05, 3.63) is 41.5 Å². The van der Waals surface area contributed by atoms with Crippen LogP contribution in [0.3, 0.4) is 0 Å². The number of aromatic nitrogens is 2. The molecule has 0 aliphatic carbocycles. The van der Waals surface area contributed by atoms with Crippen LogP contribution >= 0.6 is 0 Å². The van der Waals surface area contributed by atoms with E-state index in [9.17, 15) is 9.59 Å². The summed E-state index contributed by atoms with van der Waals surface area (Å²) in [6, 6.07) is 7.52. The molecule has 2 aliphatic rings. The van der Waals surface area contributed by atoms with Gasteiger partial charge in [0.05, 0.1) is 11.8 Å². The van der Waals surface area contributed by atoms with E-state index in [0.717, 1.165) is 24.1 Å². The van der Waals surface area contributed by atoms with Crippen LogP contribution in [0, 0.1) is 6.92 Å². The molecule has 3 heterocycles. The third kappa shape index (κ3) is 3.01. The second kappa shape index (κ2) is 6.31. The molecule has 7 heteroatoms. The van der Waals surface area contributed by atoms with Crippen LogP contribution in [0.25, 0.3) is 0 Å². The van der Waals surface area contributed by atoms with Crippen molar-refractivity contribution in [2.45, 2.75) is 38.0 Å². The first-order valence-corrected chi connectivity index (χ1v) is 8.59. The molecular formula is C18H20N4O3. The van der Waals surface area contributed by atoms with E-state index in [1.165, 1.54) is 0 Å². The molecule has 0 saturated carbocycles. The van der Waals surface area contributed by atoms with Crippen LogP contribution < -0.4 is 5.32 Å². The molecule has 2 aromatic rings. The first kappa shape index (κ1) is 15.8. The van der Waals surface area contributed by atoms with Crippen LogP contribution in [-0.2, 0) is 9.59 Å². The minimum Gasteiger partial charge on any atom is -0.341 e. The lowest BCUT2D eigenvalue weighted by Crippen LogP contribution is -2.43. The van der Waals surface area contributed by atoms with Gasteiger partial charge in [-0.2, -0.15) is 4.98 Å². The van der Waals surface area contributed by atoms with Crippen molar-refractivity contribution in [3.8, 4) is 0 Å². The standard InChI is InChI=1S/C18H20N4O3/c1-11-19-17(25-21-11)12-5-4-8-22(10-12)18(24)14-9-16(23)20-15-7-3-2-6-13(14)15/h2-3,6-7,12,14H,4-5,8-10H2,1H3,(H,20,23). The van der Waals surface area contributed by atoms with E-state index >= 15 is 0 Å². The summed E-state index contributed by atoms with van der Waals surface area (Å²) in [7, 11) is 0. The number of fused-ring (bicyclic) bond motifs is 1. The van der Waals surface area contributed by atoms with Crippen molar-refractivity contribution in [1.29, 1.82) is 0 Å². The number of nitrogens with zero attached hydrogens (tertiary/aromatic N) is 3. The van der Waals surface area contributed by atoms with Gasteiger partial charge in [-0.25, -0.2) is 0 Å². The Morgan fingerprint density at radius 3 is 3.00 bits per heavy atom. The predicted molar refractivity (Wildman–Crippen MR) is 90.0 cm³/mol.